The zero-order chi connectivity index (χ0) is 13.1. The third kappa shape index (κ3) is 2.20. The van der Waals surface area contributed by atoms with Gasteiger partial charge in [0.1, 0.15) is 0 Å². The summed E-state index contributed by atoms with van der Waals surface area (Å²) in [5.74, 6) is 0.00705. The van der Waals surface area contributed by atoms with Crippen LogP contribution in [0.5, 0.6) is 11.6 Å². The Labute approximate surface area is 106 Å². The fraction of sp³-hybridized carbons (Fsp3) is 0.462. The molecule has 0 saturated carbocycles. The normalized spacial score (nSPS) is 11.0. The highest BCUT2D eigenvalue weighted by molar-refractivity contribution is 5.46. The van der Waals surface area contributed by atoms with E-state index < -0.39 is 0 Å². The number of hydrogen-bond donors (Lipinski definition) is 2. The lowest BCUT2D eigenvalue weighted by molar-refractivity contribution is 0.365. The highest BCUT2D eigenvalue weighted by atomic mass is 16.3. The summed E-state index contributed by atoms with van der Waals surface area (Å²) < 4.78 is 3.77. The first-order chi connectivity index (χ1) is 8.65. The summed E-state index contributed by atoms with van der Waals surface area (Å²) in [4.78, 5) is 3.98. The van der Waals surface area contributed by atoms with Gasteiger partial charge in [-0.1, -0.05) is 6.92 Å². The van der Waals surface area contributed by atoms with Crippen LogP contribution in [0.3, 0.4) is 0 Å². The van der Waals surface area contributed by atoms with Crippen molar-refractivity contribution in [1.82, 2.24) is 14.1 Å². The number of hydrogen-bond acceptors (Lipinski definition) is 3. The third-order valence-corrected chi connectivity index (χ3v) is 3.31. The van der Waals surface area contributed by atoms with Gasteiger partial charge in [-0.05, 0) is 19.8 Å². The van der Waals surface area contributed by atoms with Gasteiger partial charge in [-0.3, -0.25) is 0 Å². The number of imidazole rings is 1. The quantitative estimate of drug-likeness (QED) is 0.852. The average molecular weight is 249 g/mol. The Hall–Kier alpha value is -1.91. The van der Waals surface area contributed by atoms with Crippen LogP contribution in [-0.2, 0) is 19.5 Å². The van der Waals surface area contributed by atoms with Gasteiger partial charge in [0.05, 0.1) is 6.33 Å². The summed E-state index contributed by atoms with van der Waals surface area (Å²) in [7, 11) is 0. The van der Waals surface area contributed by atoms with E-state index in [1.807, 2.05) is 24.6 Å². The average Bonchev–Trinajstić information content (AvgIpc) is 2.93. The molecular formula is C13H19N3O2. The molecule has 0 aliphatic heterocycles. The van der Waals surface area contributed by atoms with Gasteiger partial charge in [-0.25, -0.2) is 4.98 Å². The highest BCUT2D eigenvalue weighted by Gasteiger charge is 2.17. The van der Waals surface area contributed by atoms with Crippen LogP contribution in [0.4, 0.5) is 0 Å². The fourth-order valence-electron chi connectivity index (χ4n) is 2.28. The molecule has 0 amide bonds. The summed E-state index contributed by atoms with van der Waals surface area (Å²) >= 11 is 0. The monoisotopic (exact) mass is 249 g/mol. The third-order valence-electron chi connectivity index (χ3n) is 3.31. The van der Waals surface area contributed by atoms with Crippen molar-refractivity contribution in [3.05, 3.63) is 30.0 Å². The maximum absolute atomic E-state index is 9.88. The standard InChI is InChI=1S/C13H19N3O2/c1-3-11-10(2)16(13(18)12(11)17)7-4-6-15-8-5-14-9-15/h5,8-9,17-18H,3-4,6-7H2,1-2H3. The number of aromatic hydroxyl groups is 2. The van der Waals surface area contributed by atoms with Crippen molar-refractivity contribution in [3.8, 4) is 11.6 Å². The molecule has 2 rings (SSSR count). The summed E-state index contributed by atoms with van der Waals surface area (Å²) in [5, 5.41) is 19.7. The van der Waals surface area contributed by atoms with E-state index in [0.717, 1.165) is 30.6 Å². The zero-order valence-corrected chi connectivity index (χ0v) is 10.8. The maximum Gasteiger partial charge on any atom is 0.235 e. The highest BCUT2D eigenvalue weighted by Crippen LogP contribution is 2.35. The number of rotatable bonds is 5. The van der Waals surface area contributed by atoms with E-state index >= 15 is 0 Å². The van der Waals surface area contributed by atoms with E-state index in [0.29, 0.717) is 6.54 Å². The molecule has 0 unspecified atom stereocenters. The molecule has 0 saturated heterocycles. The Morgan fingerprint density at radius 3 is 2.61 bits per heavy atom. The van der Waals surface area contributed by atoms with Crippen LogP contribution in [0, 0.1) is 6.92 Å². The Morgan fingerprint density at radius 2 is 2.06 bits per heavy atom. The van der Waals surface area contributed by atoms with Crippen LogP contribution >= 0.6 is 0 Å². The SMILES string of the molecule is CCc1c(O)c(O)n(CCCn2ccnc2)c1C. The molecule has 18 heavy (non-hydrogen) atoms. The second-order valence-electron chi connectivity index (χ2n) is 4.40. The van der Waals surface area contributed by atoms with Gasteiger partial charge in [0.15, 0.2) is 5.75 Å². The van der Waals surface area contributed by atoms with Crippen molar-refractivity contribution in [1.29, 1.82) is 0 Å². The molecule has 0 fully saturated rings. The first-order valence-electron chi connectivity index (χ1n) is 6.20. The molecule has 0 atom stereocenters. The van der Waals surface area contributed by atoms with Crippen molar-refractivity contribution < 1.29 is 10.2 Å². The molecule has 5 heteroatoms. The van der Waals surface area contributed by atoms with E-state index in [-0.39, 0.29) is 11.6 Å². The molecule has 2 aromatic rings. The Bertz CT molecular complexity index is 515. The molecule has 0 aliphatic rings. The first-order valence-corrected chi connectivity index (χ1v) is 6.20. The van der Waals surface area contributed by atoms with E-state index in [1.165, 1.54) is 0 Å². The second kappa shape index (κ2) is 5.16. The minimum atomic E-state index is -0.0185. The largest absolute Gasteiger partial charge is 0.503 e. The van der Waals surface area contributed by atoms with Gasteiger partial charge in [0.25, 0.3) is 0 Å². The lowest BCUT2D eigenvalue weighted by atomic mass is 10.2. The molecule has 0 aromatic carbocycles. The minimum Gasteiger partial charge on any atom is -0.503 e. The van der Waals surface area contributed by atoms with Gasteiger partial charge >= 0.3 is 0 Å². The first kappa shape index (κ1) is 12.5. The lowest BCUT2D eigenvalue weighted by Gasteiger charge is -2.08. The predicted octanol–water partition coefficient (Wildman–Crippen LogP) is 2.06. The van der Waals surface area contributed by atoms with Crippen molar-refractivity contribution in [3.63, 3.8) is 0 Å². The summed E-state index contributed by atoms with van der Waals surface area (Å²) in [6.07, 6.45) is 7.04. The van der Waals surface area contributed by atoms with E-state index in [4.69, 9.17) is 0 Å². The van der Waals surface area contributed by atoms with Crippen molar-refractivity contribution in [2.24, 2.45) is 0 Å². The van der Waals surface area contributed by atoms with Crippen LogP contribution in [0.25, 0.3) is 0 Å². The van der Waals surface area contributed by atoms with Gasteiger partial charge in [-0.15, -0.1) is 0 Å². The van der Waals surface area contributed by atoms with Gasteiger partial charge in [-0.2, -0.15) is 0 Å². The van der Waals surface area contributed by atoms with Crippen molar-refractivity contribution in [2.75, 3.05) is 0 Å². The molecule has 0 aliphatic carbocycles. The van der Waals surface area contributed by atoms with Gasteiger partial charge in [0.2, 0.25) is 5.88 Å². The zero-order valence-electron chi connectivity index (χ0n) is 10.8. The molecule has 98 valence electrons. The molecule has 0 bridgehead atoms. The molecule has 5 nitrogen and oxygen atoms in total. The fourth-order valence-corrected chi connectivity index (χ4v) is 2.28. The Balaban J connectivity index is 2.05. The van der Waals surface area contributed by atoms with Crippen molar-refractivity contribution in [2.45, 2.75) is 39.8 Å². The summed E-state index contributed by atoms with van der Waals surface area (Å²) in [6, 6.07) is 0. The number of nitrogens with zero attached hydrogens (tertiary/aromatic N) is 3. The van der Waals surface area contributed by atoms with Crippen LogP contribution in [0.2, 0.25) is 0 Å². The molecule has 2 N–H and O–H groups in total. The number of aryl methyl sites for hydroxylation is 1. The smallest absolute Gasteiger partial charge is 0.235 e. The maximum atomic E-state index is 9.88. The van der Waals surface area contributed by atoms with Crippen LogP contribution in [0.1, 0.15) is 24.6 Å². The van der Waals surface area contributed by atoms with E-state index in [2.05, 4.69) is 4.98 Å². The lowest BCUT2D eigenvalue weighted by Crippen LogP contribution is -2.04. The summed E-state index contributed by atoms with van der Waals surface area (Å²) in [6.45, 7) is 5.43. The molecule has 2 aromatic heterocycles. The molecule has 0 spiro atoms. The van der Waals surface area contributed by atoms with Crippen LogP contribution < -0.4 is 0 Å². The van der Waals surface area contributed by atoms with E-state index in [1.54, 1.807) is 17.1 Å². The van der Waals surface area contributed by atoms with Crippen molar-refractivity contribution >= 4 is 0 Å². The second-order valence-corrected chi connectivity index (χ2v) is 4.40. The number of aromatic nitrogens is 3. The molecule has 0 radical (unpaired) electrons. The minimum absolute atomic E-state index is 0.0185. The molecule has 2 heterocycles. The molecular weight excluding hydrogens is 230 g/mol. The predicted molar refractivity (Wildman–Crippen MR) is 68.7 cm³/mol. The van der Waals surface area contributed by atoms with Gasteiger partial charge in [0, 0.05) is 36.7 Å². The van der Waals surface area contributed by atoms with E-state index in [9.17, 15) is 10.2 Å². The van der Waals surface area contributed by atoms with Gasteiger partial charge < -0.3 is 19.3 Å². The van der Waals surface area contributed by atoms with Crippen LogP contribution in [0.15, 0.2) is 18.7 Å². The van der Waals surface area contributed by atoms with Crippen LogP contribution in [-0.4, -0.2) is 24.3 Å². The summed E-state index contributed by atoms with van der Waals surface area (Å²) in [5.41, 5.74) is 1.77. The topological polar surface area (TPSA) is 63.2 Å². The Morgan fingerprint density at radius 1 is 1.28 bits per heavy atom. The Kier molecular flexibility index (Phi) is 3.60.